The molecule has 150 valence electrons. The molecule has 2 aromatic heterocycles. The van der Waals surface area contributed by atoms with Crippen molar-refractivity contribution >= 4 is 29.7 Å². The number of carboxylic acid groups (broad SMARTS) is 1. The molecule has 0 atom stereocenters. The van der Waals surface area contributed by atoms with Crippen LogP contribution in [0.2, 0.25) is 0 Å². The van der Waals surface area contributed by atoms with Gasteiger partial charge in [-0.15, -0.1) is 11.3 Å². The maximum atomic E-state index is 11.6. The second kappa shape index (κ2) is 9.98. The Morgan fingerprint density at radius 1 is 1.24 bits per heavy atom. The molecule has 0 aliphatic carbocycles. The summed E-state index contributed by atoms with van der Waals surface area (Å²) >= 11 is 1.63. The molecule has 1 N–H and O–H groups in total. The zero-order chi connectivity index (χ0) is 20.6. The maximum Gasteiger partial charge on any atom is 0.335 e. The molecule has 3 aromatic rings. The summed E-state index contributed by atoms with van der Waals surface area (Å²) in [6.45, 7) is 2.72. The number of unbranched alkanes of at least 4 members (excludes halogenated alkanes) is 1. The Morgan fingerprint density at radius 2 is 2.03 bits per heavy atom. The second-order valence-electron chi connectivity index (χ2n) is 6.88. The third kappa shape index (κ3) is 5.51. The number of carbonyl (C=O) groups is 2. The van der Waals surface area contributed by atoms with E-state index in [2.05, 4.69) is 16.5 Å². The minimum atomic E-state index is -0.935. The van der Waals surface area contributed by atoms with Gasteiger partial charge in [-0.1, -0.05) is 31.5 Å². The van der Waals surface area contributed by atoms with Crippen LogP contribution >= 0.6 is 11.3 Å². The number of aldehydes is 1. The number of imidazole rings is 1. The summed E-state index contributed by atoms with van der Waals surface area (Å²) in [4.78, 5) is 28.5. The average Bonchev–Trinajstić information content (AvgIpc) is 3.37. The highest BCUT2D eigenvalue weighted by Crippen LogP contribution is 2.19. The van der Waals surface area contributed by atoms with E-state index >= 15 is 0 Å². The van der Waals surface area contributed by atoms with Crippen LogP contribution in [0.1, 0.15) is 52.1 Å². The van der Waals surface area contributed by atoms with Gasteiger partial charge in [0.25, 0.3) is 0 Å². The number of aromatic carboxylic acids is 1. The van der Waals surface area contributed by atoms with E-state index in [1.807, 2.05) is 41.9 Å². The molecule has 2 heterocycles. The highest BCUT2D eigenvalue weighted by Gasteiger charge is 2.11. The van der Waals surface area contributed by atoms with Gasteiger partial charge in [-0.05, 0) is 47.2 Å². The number of aryl methyl sites for hydroxylation is 1. The van der Waals surface area contributed by atoms with E-state index in [-0.39, 0.29) is 5.56 Å². The van der Waals surface area contributed by atoms with Crippen LogP contribution in [0.25, 0.3) is 6.08 Å². The van der Waals surface area contributed by atoms with Gasteiger partial charge in [0.05, 0.1) is 17.5 Å². The summed E-state index contributed by atoms with van der Waals surface area (Å²) in [5, 5.41) is 11.1. The normalized spacial score (nSPS) is 11.6. The molecule has 0 bridgehead atoms. The number of aromatic nitrogens is 2. The van der Waals surface area contributed by atoms with Gasteiger partial charge in [0.1, 0.15) is 12.1 Å². The lowest BCUT2D eigenvalue weighted by Gasteiger charge is -2.11. The average molecular weight is 409 g/mol. The molecular weight excluding hydrogens is 384 g/mol. The number of thiophene rings is 1. The Bertz CT molecular complexity index is 986. The molecule has 0 fully saturated rings. The maximum absolute atomic E-state index is 11.6. The fourth-order valence-corrected chi connectivity index (χ4v) is 3.87. The molecule has 3 rings (SSSR count). The molecule has 0 aliphatic heterocycles. The van der Waals surface area contributed by atoms with Gasteiger partial charge in [0.2, 0.25) is 0 Å². The van der Waals surface area contributed by atoms with Crippen molar-refractivity contribution in [2.45, 2.75) is 39.2 Å². The standard InChI is InChI=1S/C23H24N2O3S/c1-2-3-6-22-24-14-20(12-18(16-26)13-21-5-4-11-29-21)25(22)15-17-7-9-19(10-8-17)23(27)28/h4-5,7-12,14,16H,2-3,6,13,15H2,1H3,(H,27,28)/b18-12+. The van der Waals surface area contributed by atoms with Gasteiger partial charge in [-0.3, -0.25) is 4.79 Å². The number of hydrogen-bond acceptors (Lipinski definition) is 4. The fourth-order valence-electron chi connectivity index (χ4n) is 3.13. The number of benzene rings is 1. The Hall–Kier alpha value is -2.99. The van der Waals surface area contributed by atoms with E-state index in [4.69, 9.17) is 5.11 Å². The number of nitrogens with zero attached hydrogens (tertiary/aromatic N) is 2. The number of carbonyl (C=O) groups excluding carboxylic acids is 1. The van der Waals surface area contributed by atoms with Crippen LogP contribution in [0.4, 0.5) is 0 Å². The van der Waals surface area contributed by atoms with Gasteiger partial charge in [0, 0.05) is 24.3 Å². The van der Waals surface area contributed by atoms with Gasteiger partial charge >= 0.3 is 5.97 Å². The predicted molar refractivity (Wildman–Crippen MR) is 115 cm³/mol. The molecule has 29 heavy (non-hydrogen) atoms. The molecule has 0 radical (unpaired) electrons. The fraction of sp³-hybridized carbons (Fsp3) is 0.261. The first-order valence-corrected chi connectivity index (χ1v) is 10.5. The quantitative estimate of drug-likeness (QED) is 0.384. The molecule has 0 spiro atoms. The summed E-state index contributed by atoms with van der Waals surface area (Å²) in [7, 11) is 0. The lowest BCUT2D eigenvalue weighted by molar-refractivity contribution is -0.104. The molecule has 0 saturated carbocycles. The van der Waals surface area contributed by atoms with Crippen molar-refractivity contribution in [3.8, 4) is 0 Å². The molecule has 0 amide bonds. The van der Waals surface area contributed by atoms with Crippen molar-refractivity contribution in [2.75, 3.05) is 0 Å². The van der Waals surface area contributed by atoms with Crippen LogP contribution < -0.4 is 0 Å². The van der Waals surface area contributed by atoms with Gasteiger partial charge < -0.3 is 9.67 Å². The summed E-state index contributed by atoms with van der Waals surface area (Å²) in [6, 6.07) is 10.9. The van der Waals surface area contributed by atoms with Crippen LogP contribution in [0.15, 0.2) is 53.5 Å². The predicted octanol–water partition coefficient (Wildman–Crippen LogP) is 4.86. The molecule has 0 unspecified atom stereocenters. The minimum Gasteiger partial charge on any atom is -0.478 e. The second-order valence-corrected chi connectivity index (χ2v) is 7.92. The van der Waals surface area contributed by atoms with Crippen molar-refractivity contribution in [1.82, 2.24) is 9.55 Å². The summed E-state index contributed by atoms with van der Waals surface area (Å²) in [6.07, 6.45) is 8.19. The number of carboxylic acids is 1. The van der Waals surface area contributed by atoms with Crippen molar-refractivity contribution in [2.24, 2.45) is 0 Å². The van der Waals surface area contributed by atoms with E-state index in [0.717, 1.165) is 47.5 Å². The van der Waals surface area contributed by atoms with Crippen LogP contribution in [-0.4, -0.2) is 26.9 Å². The van der Waals surface area contributed by atoms with Crippen molar-refractivity contribution in [3.63, 3.8) is 0 Å². The Kier molecular flexibility index (Phi) is 7.14. The third-order valence-electron chi connectivity index (χ3n) is 4.71. The third-order valence-corrected chi connectivity index (χ3v) is 5.58. The summed E-state index contributed by atoms with van der Waals surface area (Å²) in [5.74, 6) is 0.0393. The molecule has 6 heteroatoms. The topological polar surface area (TPSA) is 72.2 Å². The largest absolute Gasteiger partial charge is 0.478 e. The van der Waals surface area contributed by atoms with Crippen LogP contribution in [-0.2, 0) is 24.2 Å². The smallest absolute Gasteiger partial charge is 0.335 e. The first-order valence-electron chi connectivity index (χ1n) is 9.65. The van der Waals surface area contributed by atoms with Crippen LogP contribution in [0.3, 0.4) is 0 Å². The first-order chi connectivity index (χ1) is 14.1. The van der Waals surface area contributed by atoms with Crippen molar-refractivity contribution in [3.05, 3.63) is 81.1 Å². The van der Waals surface area contributed by atoms with E-state index in [1.54, 1.807) is 23.5 Å². The van der Waals surface area contributed by atoms with Crippen molar-refractivity contribution < 1.29 is 14.7 Å². The van der Waals surface area contributed by atoms with E-state index in [9.17, 15) is 9.59 Å². The molecule has 5 nitrogen and oxygen atoms in total. The molecular formula is C23H24N2O3S. The zero-order valence-electron chi connectivity index (χ0n) is 16.4. The Labute approximate surface area is 174 Å². The van der Waals surface area contributed by atoms with Crippen LogP contribution in [0, 0.1) is 0 Å². The van der Waals surface area contributed by atoms with Gasteiger partial charge in [0.15, 0.2) is 0 Å². The van der Waals surface area contributed by atoms with Crippen LogP contribution in [0.5, 0.6) is 0 Å². The highest BCUT2D eigenvalue weighted by atomic mass is 32.1. The van der Waals surface area contributed by atoms with E-state index in [0.29, 0.717) is 18.5 Å². The van der Waals surface area contributed by atoms with E-state index < -0.39 is 5.97 Å². The first kappa shape index (κ1) is 20.7. The zero-order valence-corrected chi connectivity index (χ0v) is 17.2. The number of rotatable bonds is 10. The minimum absolute atomic E-state index is 0.268. The molecule has 0 saturated heterocycles. The number of hydrogen-bond donors (Lipinski definition) is 1. The lowest BCUT2D eigenvalue weighted by atomic mass is 10.1. The Balaban J connectivity index is 1.90. The highest BCUT2D eigenvalue weighted by molar-refractivity contribution is 7.09. The Morgan fingerprint density at radius 3 is 2.66 bits per heavy atom. The van der Waals surface area contributed by atoms with E-state index in [1.165, 1.54) is 0 Å². The number of allylic oxidation sites excluding steroid dienone is 1. The monoisotopic (exact) mass is 408 g/mol. The SMILES string of the molecule is CCCCc1ncc(/C=C(/C=O)Cc2cccs2)n1Cc1ccc(C(=O)O)cc1. The summed E-state index contributed by atoms with van der Waals surface area (Å²) < 4.78 is 2.11. The van der Waals surface area contributed by atoms with Crippen molar-refractivity contribution in [1.29, 1.82) is 0 Å². The lowest BCUT2D eigenvalue weighted by Crippen LogP contribution is -2.08. The molecule has 1 aromatic carbocycles. The van der Waals surface area contributed by atoms with Gasteiger partial charge in [-0.2, -0.15) is 0 Å². The summed E-state index contributed by atoms with van der Waals surface area (Å²) in [5.41, 5.74) is 2.85. The molecule has 0 aliphatic rings. The van der Waals surface area contributed by atoms with Gasteiger partial charge in [-0.25, -0.2) is 9.78 Å².